The van der Waals surface area contributed by atoms with Gasteiger partial charge < -0.3 is 35.7 Å². The third-order valence-corrected chi connectivity index (χ3v) is 6.51. The highest BCUT2D eigenvalue weighted by molar-refractivity contribution is 6.01. The number of hydrogen-bond donors (Lipinski definition) is 5. The van der Waals surface area contributed by atoms with Gasteiger partial charge in [-0.25, -0.2) is 4.79 Å². The maximum atomic E-state index is 13.6. The molecule has 0 spiro atoms. The van der Waals surface area contributed by atoms with Crippen molar-refractivity contribution >= 4 is 35.2 Å². The fraction of sp³-hybridized carbons (Fsp3) is 0.552. The molecule has 1 heterocycles. The Balaban J connectivity index is 2.25. The van der Waals surface area contributed by atoms with Crippen molar-refractivity contribution in [2.24, 2.45) is 11.8 Å². The van der Waals surface area contributed by atoms with Crippen LogP contribution in [0, 0.1) is 23.2 Å². The standard InChI is InChI=1S/C29H42N6O6/c1-6-11-32-29(39)41-26(16-30)22(14-19(4)10-12-31-17-36)34-27(37)23(13-18(2)3)35-28(38)24-15-20-21(33-24)8-7-9-25(20)40-5/h7-9,15,17-19,22-23,26,33H,6,10-14H2,1-5H3,(H,31,36)(H,32,39)(H,34,37)(H,35,38)/t19-,22-,23-,26?/m0/s1. The lowest BCUT2D eigenvalue weighted by molar-refractivity contribution is -0.124. The fourth-order valence-corrected chi connectivity index (χ4v) is 4.43. The van der Waals surface area contributed by atoms with E-state index >= 15 is 0 Å². The summed E-state index contributed by atoms with van der Waals surface area (Å²) in [6.07, 6.45) is 0.488. The Morgan fingerprint density at radius 1 is 1.12 bits per heavy atom. The molecule has 1 unspecified atom stereocenters. The molecular weight excluding hydrogens is 528 g/mol. The summed E-state index contributed by atoms with van der Waals surface area (Å²) < 4.78 is 10.7. The Morgan fingerprint density at radius 3 is 2.51 bits per heavy atom. The molecule has 0 aliphatic carbocycles. The van der Waals surface area contributed by atoms with Crippen LogP contribution in [0.5, 0.6) is 5.75 Å². The van der Waals surface area contributed by atoms with Crippen molar-refractivity contribution in [2.75, 3.05) is 20.2 Å². The van der Waals surface area contributed by atoms with Crippen LogP contribution in [-0.4, -0.2) is 67.7 Å². The summed E-state index contributed by atoms with van der Waals surface area (Å²) in [5, 5.41) is 21.4. The molecule has 1 aromatic carbocycles. The molecule has 1 aromatic heterocycles. The van der Waals surface area contributed by atoms with E-state index in [0.717, 1.165) is 5.39 Å². The maximum absolute atomic E-state index is 13.6. The number of rotatable bonds is 17. The molecule has 0 aliphatic heterocycles. The second-order valence-electron chi connectivity index (χ2n) is 10.5. The number of alkyl carbamates (subject to hydrolysis) is 1. The molecular formula is C29H42N6O6. The number of nitrogens with one attached hydrogen (secondary N) is 5. The van der Waals surface area contributed by atoms with Gasteiger partial charge in [0.1, 0.15) is 23.6 Å². The maximum Gasteiger partial charge on any atom is 0.408 e. The third-order valence-electron chi connectivity index (χ3n) is 6.51. The number of carbonyl (C=O) groups excluding carboxylic acids is 4. The molecule has 2 aromatic rings. The van der Waals surface area contributed by atoms with E-state index in [4.69, 9.17) is 9.47 Å². The van der Waals surface area contributed by atoms with Crippen LogP contribution >= 0.6 is 0 Å². The minimum absolute atomic E-state index is 0.0367. The molecule has 41 heavy (non-hydrogen) atoms. The zero-order valence-corrected chi connectivity index (χ0v) is 24.4. The van der Waals surface area contributed by atoms with Gasteiger partial charge >= 0.3 is 6.09 Å². The van der Waals surface area contributed by atoms with Crippen molar-refractivity contribution in [3.8, 4) is 11.8 Å². The van der Waals surface area contributed by atoms with E-state index in [-0.39, 0.29) is 17.5 Å². The number of hydrogen-bond acceptors (Lipinski definition) is 7. The first-order valence-electron chi connectivity index (χ1n) is 13.9. The van der Waals surface area contributed by atoms with Crippen molar-refractivity contribution in [2.45, 2.75) is 71.6 Å². The quantitative estimate of drug-likeness (QED) is 0.143. The molecule has 2 rings (SSSR count). The van der Waals surface area contributed by atoms with Gasteiger partial charge in [0.15, 0.2) is 0 Å². The molecule has 0 saturated carbocycles. The lowest BCUT2D eigenvalue weighted by Crippen LogP contribution is -2.54. The van der Waals surface area contributed by atoms with E-state index in [2.05, 4.69) is 26.3 Å². The number of aromatic nitrogens is 1. The number of methoxy groups -OCH3 is 1. The number of nitrogens with zero attached hydrogens (tertiary/aromatic N) is 1. The monoisotopic (exact) mass is 570 g/mol. The number of fused-ring (bicyclic) bond motifs is 1. The van der Waals surface area contributed by atoms with Gasteiger partial charge in [-0.1, -0.05) is 33.8 Å². The highest BCUT2D eigenvalue weighted by Crippen LogP contribution is 2.26. The van der Waals surface area contributed by atoms with Gasteiger partial charge in [-0.3, -0.25) is 14.4 Å². The Kier molecular flexibility index (Phi) is 13.5. The highest BCUT2D eigenvalue weighted by atomic mass is 16.6. The van der Waals surface area contributed by atoms with Crippen LogP contribution < -0.4 is 26.0 Å². The van der Waals surface area contributed by atoms with Crippen molar-refractivity contribution in [1.82, 2.24) is 26.3 Å². The average molecular weight is 571 g/mol. The Bertz CT molecular complexity index is 1210. The SMILES string of the molecule is CCCNC(=O)OC(C#N)[C@H](C[C@@H](C)CCNC=O)NC(=O)[C@H](CC(C)C)NC(=O)c1cc2c(OC)cccc2[nH]1. The lowest BCUT2D eigenvalue weighted by atomic mass is 9.94. The molecule has 4 amide bonds. The van der Waals surface area contributed by atoms with E-state index in [0.29, 0.717) is 56.4 Å². The zero-order chi connectivity index (χ0) is 30.4. The average Bonchev–Trinajstić information content (AvgIpc) is 3.39. The molecule has 4 atom stereocenters. The summed E-state index contributed by atoms with van der Waals surface area (Å²) in [5.41, 5.74) is 0.984. The van der Waals surface area contributed by atoms with Gasteiger partial charge in [0.2, 0.25) is 18.4 Å². The summed E-state index contributed by atoms with van der Waals surface area (Å²) in [7, 11) is 1.55. The summed E-state index contributed by atoms with van der Waals surface area (Å²) in [5.74, 6) is -0.336. The first-order valence-corrected chi connectivity index (χ1v) is 13.9. The van der Waals surface area contributed by atoms with E-state index < -0.39 is 36.1 Å². The second kappa shape index (κ2) is 16.7. The van der Waals surface area contributed by atoms with Crippen LogP contribution in [0.25, 0.3) is 10.9 Å². The number of amides is 4. The predicted octanol–water partition coefficient (Wildman–Crippen LogP) is 3.00. The zero-order valence-electron chi connectivity index (χ0n) is 24.4. The first kappa shape index (κ1) is 32.9. The highest BCUT2D eigenvalue weighted by Gasteiger charge is 2.32. The first-order chi connectivity index (χ1) is 19.6. The lowest BCUT2D eigenvalue weighted by Gasteiger charge is -2.28. The topological polar surface area (TPSA) is 174 Å². The van der Waals surface area contributed by atoms with E-state index in [1.807, 2.05) is 39.8 Å². The number of ether oxygens (including phenoxy) is 2. The van der Waals surface area contributed by atoms with Crippen LogP contribution in [0.3, 0.4) is 0 Å². The number of carbonyl (C=O) groups is 4. The summed E-state index contributed by atoms with van der Waals surface area (Å²) in [4.78, 5) is 52.7. The summed E-state index contributed by atoms with van der Waals surface area (Å²) in [6, 6.07) is 7.30. The van der Waals surface area contributed by atoms with E-state index in [1.54, 1.807) is 25.3 Å². The molecule has 224 valence electrons. The normalized spacial score (nSPS) is 13.8. The van der Waals surface area contributed by atoms with Crippen LogP contribution in [0.4, 0.5) is 4.79 Å². The van der Waals surface area contributed by atoms with Gasteiger partial charge in [0, 0.05) is 24.0 Å². The molecule has 5 N–H and O–H groups in total. The van der Waals surface area contributed by atoms with Crippen LogP contribution in [0.1, 0.15) is 63.9 Å². The predicted molar refractivity (Wildman–Crippen MR) is 154 cm³/mol. The number of H-pyrrole nitrogens is 1. The van der Waals surface area contributed by atoms with Crippen LogP contribution in [0.15, 0.2) is 24.3 Å². The smallest absolute Gasteiger partial charge is 0.408 e. The van der Waals surface area contributed by atoms with E-state index in [1.165, 1.54) is 0 Å². The Morgan fingerprint density at radius 2 is 1.88 bits per heavy atom. The Hall–Kier alpha value is -4.27. The van der Waals surface area contributed by atoms with Gasteiger partial charge in [-0.15, -0.1) is 0 Å². The summed E-state index contributed by atoms with van der Waals surface area (Å²) in [6.45, 7) is 8.45. The molecule has 12 heteroatoms. The Labute approximate surface area is 240 Å². The van der Waals surface area contributed by atoms with Gasteiger partial charge in [-0.05, 0) is 55.7 Å². The number of benzene rings is 1. The van der Waals surface area contributed by atoms with Crippen molar-refractivity contribution < 1.29 is 28.7 Å². The van der Waals surface area contributed by atoms with Crippen molar-refractivity contribution in [1.29, 1.82) is 5.26 Å². The molecule has 0 bridgehead atoms. The van der Waals surface area contributed by atoms with Crippen LogP contribution in [-0.2, 0) is 14.3 Å². The molecule has 0 aliphatic rings. The number of nitriles is 1. The molecule has 12 nitrogen and oxygen atoms in total. The molecule has 0 fully saturated rings. The molecule has 0 saturated heterocycles. The van der Waals surface area contributed by atoms with Crippen LogP contribution in [0.2, 0.25) is 0 Å². The second-order valence-corrected chi connectivity index (χ2v) is 10.5. The largest absolute Gasteiger partial charge is 0.496 e. The van der Waals surface area contributed by atoms with Crippen molar-refractivity contribution in [3.05, 3.63) is 30.0 Å². The molecule has 0 radical (unpaired) electrons. The van der Waals surface area contributed by atoms with Gasteiger partial charge in [0.05, 0.1) is 13.2 Å². The minimum Gasteiger partial charge on any atom is -0.496 e. The summed E-state index contributed by atoms with van der Waals surface area (Å²) >= 11 is 0. The van der Waals surface area contributed by atoms with E-state index in [9.17, 15) is 24.4 Å². The third kappa shape index (κ3) is 10.3. The fourth-order valence-electron chi connectivity index (χ4n) is 4.43. The number of aromatic amines is 1. The minimum atomic E-state index is -1.27. The van der Waals surface area contributed by atoms with Gasteiger partial charge in [-0.2, -0.15) is 5.26 Å². The van der Waals surface area contributed by atoms with Crippen molar-refractivity contribution in [3.63, 3.8) is 0 Å². The van der Waals surface area contributed by atoms with Gasteiger partial charge in [0.25, 0.3) is 5.91 Å².